The third-order valence-electron chi connectivity index (χ3n) is 2.33. The van der Waals surface area contributed by atoms with E-state index in [0.29, 0.717) is 0 Å². The fourth-order valence-electron chi connectivity index (χ4n) is 1.68. The van der Waals surface area contributed by atoms with Gasteiger partial charge in [-0.25, -0.2) is 0 Å². The molecule has 0 amide bonds. The van der Waals surface area contributed by atoms with Crippen LogP contribution in [0.1, 0.15) is 40.2 Å². The summed E-state index contributed by atoms with van der Waals surface area (Å²) in [6.45, 7) is 9.10. The van der Waals surface area contributed by atoms with Gasteiger partial charge in [0.2, 0.25) is 0 Å². The maximum absolute atomic E-state index is 12.0. The van der Waals surface area contributed by atoms with Crippen LogP contribution in [-0.4, -0.2) is 14.0 Å². The molecule has 102 valence electrons. The molecule has 0 spiro atoms. The predicted octanol–water partition coefficient (Wildman–Crippen LogP) is 2.14. The molecule has 0 aromatic heterocycles. The fraction of sp³-hybridized carbons (Fsp3) is 0.538. The minimum Gasteiger partial charge on any atom is -0.197 e. The van der Waals surface area contributed by atoms with Gasteiger partial charge in [0.05, 0.1) is 5.54 Å². The van der Waals surface area contributed by atoms with Gasteiger partial charge in [-0.15, -0.1) is 0 Å². The molecule has 0 bridgehead atoms. The first-order chi connectivity index (χ1) is 8.02. The Kier molecular flexibility index (Phi) is 4.20. The van der Waals surface area contributed by atoms with Gasteiger partial charge in [-0.3, -0.25) is 0 Å². The molecule has 0 aliphatic carbocycles. The van der Waals surface area contributed by atoms with Crippen LogP contribution in [0.25, 0.3) is 0 Å². The molecule has 0 atom stereocenters. The molecule has 0 heterocycles. The third kappa shape index (κ3) is 4.76. The highest BCUT2D eigenvalue weighted by Gasteiger charge is 2.28. The van der Waals surface area contributed by atoms with Gasteiger partial charge in [-0.1, -0.05) is 30.3 Å². The number of rotatable bonds is 4. The van der Waals surface area contributed by atoms with E-state index in [-0.39, 0.29) is 0 Å². The first-order valence-corrected chi connectivity index (χ1v) is 7.39. The molecule has 4 nitrogen and oxygen atoms in total. The summed E-state index contributed by atoms with van der Waals surface area (Å²) in [6.07, 6.45) is 0. The molecule has 5 heteroatoms. The van der Waals surface area contributed by atoms with Gasteiger partial charge in [0.1, 0.15) is 0 Å². The van der Waals surface area contributed by atoms with E-state index in [0.717, 1.165) is 5.56 Å². The van der Waals surface area contributed by atoms with Crippen molar-refractivity contribution in [1.29, 1.82) is 0 Å². The van der Waals surface area contributed by atoms with Crippen LogP contribution in [-0.2, 0) is 15.7 Å². The van der Waals surface area contributed by atoms with Crippen LogP contribution in [0.2, 0.25) is 0 Å². The summed E-state index contributed by atoms with van der Waals surface area (Å²) in [5.74, 6) is 0. The van der Waals surface area contributed by atoms with Gasteiger partial charge in [0.15, 0.2) is 0 Å². The molecule has 18 heavy (non-hydrogen) atoms. The van der Waals surface area contributed by atoms with Gasteiger partial charge in [0.25, 0.3) is 10.2 Å². The van der Waals surface area contributed by atoms with Crippen molar-refractivity contribution in [2.75, 3.05) is 0 Å². The van der Waals surface area contributed by atoms with Crippen molar-refractivity contribution < 1.29 is 8.42 Å². The van der Waals surface area contributed by atoms with Crippen LogP contribution in [0.3, 0.4) is 0 Å². The Morgan fingerprint density at radius 1 is 0.889 bits per heavy atom. The van der Waals surface area contributed by atoms with Crippen molar-refractivity contribution in [2.45, 2.75) is 45.7 Å². The van der Waals surface area contributed by atoms with Crippen LogP contribution in [0.4, 0.5) is 0 Å². The minimum absolute atomic E-state index is 0.501. The normalized spacial score (nSPS) is 13.6. The number of hydrogen-bond acceptors (Lipinski definition) is 2. The van der Waals surface area contributed by atoms with Gasteiger partial charge < -0.3 is 0 Å². The zero-order chi connectivity index (χ0) is 14.0. The quantitative estimate of drug-likeness (QED) is 0.880. The molecule has 1 aromatic carbocycles. The number of hydrogen-bond donors (Lipinski definition) is 2. The summed E-state index contributed by atoms with van der Waals surface area (Å²) >= 11 is 0. The molecule has 0 fully saturated rings. The van der Waals surface area contributed by atoms with E-state index in [1.54, 1.807) is 0 Å². The molecular weight excluding hydrogens is 248 g/mol. The molecule has 0 radical (unpaired) electrons. The van der Waals surface area contributed by atoms with Crippen molar-refractivity contribution in [3.8, 4) is 0 Å². The van der Waals surface area contributed by atoms with E-state index >= 15 is 0 Å². The van der Waals surface area contributed by atoms with Crippen LogP contribution in [0.15, 0.2) is 30.3 Å². The maximum Gasteiger partial charge on any atom is 0.278 e. The molecular formula is C13H22N2O2S. The molecule has 0 saturated carbocycles. The van der Waals surface area contributed by atoms with Crippen molar-refractivity contribution in [3.63, 3.8) is 0 Å². The highest BCUT2D eigenvalue weighted by Crippen LogP contribution is 2.20. The monoisotopic (exact) mass is 270 g/mol. The molecule has 1 aromatic rings. The second kappa shape index (κ2) is 4.99. The lowest BCUT2D eigenvalue weighted by Crippen LogP contribution is -2.52. The smallest absolute Gasteiger partial charge is 0.197 e. The average molecular weight is 270 g/mol. The highest BCUT2D eigenvalue weighted by atomic mass is 32.2. The standard InChI is InChI=1S/C13H22N2O2S/c1-12(2,3)14-18(16,17)15-13(4,5)11-9-7-6-8-10-11/h6-10,14-15H,1-5H3. The van der Waals surface area contributed by atoms with Crippen molar-refractivity contribution in [3.05, 3.63) is 35.9 Å². The van der Waals surface area contributed by atoms with Gasteiger partial charge in [-0.2, -0.15) is 17.9 Å². The Morgan fingerprint density at radius 3 is 1.83 bits per heavy atom. The second-order valence-corrected chi connectivity index (χ2v) is 7.36. The lowest BCUT2D eigenvalue weighted by molar-refractivity contribution is 0.439. The van der Waals surface area contributed by atoms with Crippen LogP contribution in [0, 0.1) is 0 Å². The SMILES string of the molecule is CC(C)(C)NS(=O)(=O)NC(C)(C)c1ccccc1. The maximum atomic E-state index is 12.0. The zero-order valence-corrected chi connectivity index (χ0v) is 12.4. The van der Waals surface area contributed by atoms with Crippen LogP contribution >= 0.6 is 0 Å². The van der Waals surface area contributed by atoms with E-state index in [2.05, 4.69) is 9.44 Å². The van der Waals surface area contributed by atoms with E-state index in [4.69, 9.17) is 0 Å². The summed E-state index contributed by atoms with van der Waals surface area (Å²) in [6, 6.07) is 9.49. The lowest BCUT2D eigenvalue weighted by atomic mass is 9.96. The Hall–Kier alpha value is -0.910. The molecule has 0 saturated heterocycles. The summed E-state index contributed by atoms with van der Waals surface area (Å²) in [5.41, 5.74) is -0.235. The third-order valence-corrected chi connectivity index (χ3v) is 3.99. The summed E-state index contributed by atoms with van der Waals surface area (Å²) < 4.78 is 29.3. The van der Waals surface area contributed by atoms with E-state index in [1.165, 1.54) is 0 Å². The van der Waals surface area contributed by atoms with Crippen molar-refractivity contribution in [2.24, 2.45) is 0 Å². The average Bonchev–Trinajstić information content (AvgIpc) is 2.13. The number of nitrogens with one attached hydrogen (secondary N) is 2. The first-order valence-electron chi connectivity index (χ1n) is 5.90. The Balaban J connectivity index is 2.90. The van der Waals surface area contributed by atoms with Crippen LogP contribution in [0.5, 0.6) is 0 Å². The van der Waals surface area contributed by atoms with Crippen molar-refractivity contribution in [1.82, 2.24) is 9.44 Å². The fourth-order valence-corrected chi connectivity index (χ4v) is 3.33. The van der Waals surface area contributed by atoms with Gasteiger partial charge >= 0.3 is 0 Å². The molecule has 2 N–H and O–H groups in total. The van der Waals surface area contributed by atoms with E-state index in [9.17, 15) is 8.42 Å². The minimum atomic E-state index is -3.55. The topological polar surface area (TPSA) is 58.2 Å². The Morgan fingerprint density at radius 2 is 1.39 bits per heavy atom. The molecule has 0 aliphatic rings. The van der Waals surface area contributed by atoms with Crippen LogP contribution < -0.4 is 9.44 Å². The highest BCUT2D eigenvalue weighted by molar-refractivity contribution is 7.87. The molecule has 0 aliphatic heterocycles. The zero-order valence-electron chi connectivity index (χ0n) is 11.6. The molecule has 1 rings (SSSR count). The first kappa shape index (κ1) is 15.1. The molecule has 0 unspecified atom stereocenters. The number of benzene rings is 1. The Labute approximate surface area is 110 Å². The van der Waals surface area contributed by atoms with E-state index in [1.807, 2.05) is 65.0 Å². The lowest BCUT2D eigenvalue weighted by Gasteiger charge is -2.29. The van der Waals surface area contributed by atoms with Crippen molar-refractivity contribution >= 4 is 10.2 Å². The largest absolute Gasteiger partial charge is 0.278 e. The summed E-state index contributed by atoms with van der Waals surface area (Å²) in [4.78, 5) is 0. The summed E-state index contributed by atoms with van der Waals surface area (Å²) in [5, 5.41) is 0. The Bertz CT molecular complexity index is 487. The second-order valence-electron chi connectivity index (χ2n) is 5.95. The van der Waals surface area contributed by atoms with Gasteiger partial charge in [0, 0.05) is 5.54 Å². The van der Waals surface area contributed by atoms with E-state index < -0.39 is 21.3 Å². The van der Waals surface area contributed by atoms with Gasteiger partial charge in [-0.05, 0) is 40.2 Å². The summed E-state index contributed by atoms with van der Waals surface area (Å²) in [7, 11) is -3.55. The predicted molar refractivity (Wildman–Crippen MR) is 74.4 cm³/mol.